The van der Waals surface area contributed by atoms with E-state index in [1.165, 1.54) is 0 Å². The third-order valence-electron chi connectivity index (χ3n) is 5.03. The van der Waals surface area contributed by atoms with E-state index < -0.39 is 0 Å². The highest BCUT2D eigenvalue weighted by molar-refractivity contribution is 5.71. The third-order valence-corrected chi connectivity index (χ3v) is 5.03. The molecule has 8 heteroatoms. The van der Waals surface area contributed by atoms with Gasteiger partial charge in [-0.3, -0.25) is 0 Å². The van der Waals surface area contributed by atoms with Crippen molar-refractivity contribution in [3.8, 4) is 22.8 Å². The van der Waals surface area contributed by atoms with Crippen LogP contribution in [0.4, 0.5) is 0 Å². The van der Waals surface area contributed by atoms with Gasteiger partial charge in [0.05, 0.1) is 43.6 Å². The second-order valence-electron chi connectivity index (χ2n) is 6.64. The van der Waals surface area contributed by atoms with Crippen molar-refractivity contribution in [2.24, 2.45) is 0 Å². The molecular formula is C19H19N7O. The first kappa shape index (κ1) is 15.8. The maximum Gasteiger partial charge on any atom is 0.171 e. The van der Waals surface area contributed by atoms with E-state index in [4.69, 9.17) is 14.8 Å². The highest BCUT2D eigenvalue weighted by Gasteiger charge is 2.24. The second kappa shape index (κ2) is 5.80. The largest absolute Gasteiger partial charge is 0.497 e. The van der Waals surface area contributed by atoms with Crippen LogP contribution in [-0.4, -0.2) is 41.0 Å². The summed E-state index contributed by atoms with van der Waals surface area (Å²) in [7, 11) is 1.67. The Morgan fingerprint density at radius 1 is 1.19 bits per heavy atom. The lowest BCUT2D eigenvalue weighted by molar-refractivity contribution is 0.415. The number of hydrogen-bond acceptors (Lipinski definition) is 5. The van der Waals surface area contributed by atoms with Gasteiger partial charge in [-0.25, -0.2) is 19.6 Å². The molecule has 0 unspecified atom stereocenters. The zero-order valence-electron chi connectivity index (χ0n) is 15.4. The van der Waals surface area contributed by atoms with E-state index in [9.17, 15) is 0 Å². The summed E-state index contributed by atoms with van der Waals surface area (Å²) in [5.74, 6) is 3.32. The predicted molar refractivity (Wildman–Crippen MR) is 99.0 cm³/mol. The number of rotatable bonds is 3. The Balaban J connectivity index is 1.68. The van der Waals surface area contributed by atoms with Gasteiger partial charge in [-0.15, -0.1) is 0 Å². The number of fused-ring (bicyclic) bond motifs is 5. The fourth-order valence-electron chi connectivity index (χ4n) is 3.52. The molecule has 0 atom stereocenters. The molecule has 0 spiro atoms. The fourth-order valence-corrected chi connectivity index (χ4v) is 3.52. The number of nitrogens with zero attached hydrogens (tertiary/aromatic N) is 7. The van der Waals surface area contributed by atoms with Gasteiger partial charge in [0, 0.05) is 18.0 Å². The van der Waals surface area contributed by atoms with E-state index >= 15 is 0 Å². The van der Waals surface area contributed by atoms with Crippen LogP contribution in [0.3, 0.4) is 0 Å². The van der Waals surface area contributed by atoms with E-state index in [1.807, 2.05) is 53.8 Å². The lowest BCUT2D eigenvalue weighted by atomic mass is 10.1. The third kappa shape index (κ3) is 2.44. The highest BCUT2D eigenvalue weighted by Crippen LogP contribution is 2.34. The Morgan fingerprint density at radius 2 is 2.07 bits per heavy atom. The molecule has 4 aromatic rings. The van der Waals surface area contributed by atoms with Gasteiger partial charge in [-0.1, -0.05) is 0 Å². The van der Waals surface area contributed by atoms with E-state index in [0.717, 1.165) is 45.9 Å². The van der Waals surface area contributed by atoms with Crippen molar-refractivity contribution in [1.29, 1.82) is 0 Å². The average molecular weight is 361 g/mol. The molecule has 5 rings (SSSR count). The Hall–Kier alpha value is -3.42. The Bertz CT molecular complexity index is 1150. The highest BCUT2D eigenvalue weighted by atomic mass is 16.5. The van der Waals surface area contributed by atoms with Gasteiger partial charge in [0.2, 0.25) is 0 Å². The van der Waals surface area contributed by atoms with Crippen molar-refractivity contribution in [1.82, 2.24) is 33.9 Å². The Labute approximate surface area is 156 Å². The first-order chi connectivity index (χ1) is 13.1. The normalized spacial score (nSPS) is 12.3. The van der Waals surface area contributed by atoms with Gasteiger partial charge in [-0.05, 0) is 32.0 Å². The quantitative estimate of drug-likeness (QED) is 0.493. The first-order valence-electron chi connectivity index (χ1n) is 8.77. The number of aryl methyl sites for hydroxylation is 2. The second-order valence-corrected chi connectivity index (χ2v) is 6.64. The van der Waals surface area contributed by atoms with E-state index in [2.05, 4.69) is 14.5 Å². The van der Waals surface area contributed by atoms with Crippen molar-refractivity contribution in [2.75, 3.05) is 7.11 Å². The number of methoxy groups -OCH3 is 1. The maximum absolute atomic E-state index is 5.44. The van der Waals surface area contributed by atoms with Gasteiger partial charge in [0.25, 0.3) is 0 Å². The molecule has 0 saturated heterocycles. The fraction of sp³-hybridized carbons (Fsp3) is 0.263. The van der Waals surface area contributed by atoms with Crippen molar-refractivity contribution < 1.29 is 4.74 Å². The van der Waals surface area contributed by atoms with Gasteiger partial charge in [-0.2, -0.15) is 5.10 Å². The number of benzene rings is 1. The number of imidazole rings is 2. The van der Waals surface area contributed by atoms with Crippen LogP contribution in [0, 0.1) is 13.8 Å². The van der Waals surface area contributed by atoms with Gasteiger partial charge in [0.15, 0.2) is 11.6 Å². The van der Waals surface area contributed by atoms with Crippen LogP contribution in [0.5, 0.6) is 5.75 Å². The zero-order valence-corrected chi connectivity index (χ0v) is 15.4. The van der Waals surface area contributed by atoms with E-state index in [1.54, 1.807) is 13.3 Å². The summed E-state index contributed by atoms with van der Waals surface area (Å²) in [5, 5.41) is 4.78. The molecule has 1 aromatic carbocycles. The summed E-state index contributed by atoms with van der Waals surface area (Å²) < 4.78 is 11.5. The van der Waals surface area contributed by atoms with Gasteiger partial charge in [0.1, 0.15) is 11.6 Å². The van der Waals surface area contributed by atoms with Crippen LogP contribution in [0.1, 0.15) is 23.0 Å². The minimum atomic E-state index is 0.587. The minimum absolute atomic E-state index is 0.587. The molecule has 0 N–H and O–H groups in total. The number of aromatic nitrogens is 7. The number of hydrogen-bond donors (Lipinski definition) is 0. The zero-order chi connectivity index (χ0) is 18.5. The minimum Gasteiger partial charge on any atom is -0.497 e. The van der Waals surface area contributed by atoms with Crippen LogP contribution in [0.25, 0.3) is 17.1 Å². The van der Waals surface area contributed by atoms with E-state index in [0.29, 0.717) is 13.1 Å². The van der Waals surface area contributed by atoms with Crippen molar-refractivity contribution in [2.45, 2.75) is 26.9 Å². The summed E-state index contributed by atoms with van der Waals surface area (Å²) >= 11 is 0. The molecule has 0 aliphatic carbocycles. The standard InChI is InChI=1S/C19H19N7O/c1-12-17-9-26-19(22-18(23-26)10-24-7-6-20-13(24)2)15-8-14(27-3)4-5-16(15)25(17)11-21-12/h4-8,11H,9-10H2,1-3H3. The number of ether oxygens (including phenoxy) is 1. The molecule has 0 saturated carbocycles. The molecule has 136 valence electrons. The topological polar surface area (TPSA) is 75.6 Å². The molecule has 1 aliphatic rings. The van der Waals surface area contributed by atoms with E-state index in [-0.39, 0.29) is 0 Å². The summed E-state index contributed by atoms with van der Waals surface area (Å²) in [6, 6.07) is 6.01. The molecule has 0 radical (unpaired) electrons. The van der Waals surface area contributed by atoms with Crippen LogP contribution >= 0.6 is 0 Å². The molecule has 0 bridgehead atoms. The molecule has 8 nitrogen and oxygen atoms in total. The molecule has 0 amide bonds. The van der Waals surface area contributed by atoms with Crippen LogP contribution < -0.4 is 4.74 Å². The predicted octanol–water partition coefficient (Wildman–Crippen LogP) is 2.36. The summed E-state index contributed by atoms with van der Waals surface area (Å²) in [6.45, 7) is 5.20. The first-order valence-corrected chi connectivity index (χ1v) is 8.77. The van der Waals surface area contributed by atoms with Gasteiger partial charge < -0.3 is 13.9 Å². The summed E-state index contributed by atoms with van der Waals surface area (Å²) in [6.07, 6.45) is 5.59. The average Bonchev–Trinajstić information content (AvgIpc) is 3.34. The van der Waals surface area contributed by atoms with Gasteiger partial charge >= 0.3 is 0 Å². The smallest absolute Gasteiger partial charge is 0.171 e. The lowest BCUT2D eigenvalue weighted by Crippen LogP contribution is -2.07. The SMILES string of the molecule is COc1ccc2c(c1)-c1nc(Cn3ccnc3C)nn1Cc1c(C)ncn1-2. The maximum atomic E-state index is 5.44. The molecule has 27 heavy (non-hydrogen) atoms. The lowest BCUT2D eigenvalue weighted by Gasteiger charge is -2.10. The Morgan fingerprint density at radius 3 is 2.85 bits per heavy atom. The van der Waals surface area contributed by atoms with Crippen LogP contribution in [0.2, 0.25) is 0 Å². The monoisotopic (exact) mass is 361 g/mol. The van der Waals surface area contributed by atoms with Crippen LogP contribution in [0.15, 0.2) is 36.9 Å². The Kier molecular flexibility index (Phi) is 3.40. The molecule has 4 heterocycles. The molecular weight excluding hydrogens is 342 g/mol. The van der Waals surface area contributed by atoms with Crippen molar-refractivity contribution >= 4 is 0 Å². The van der Waals surface area contributed by atoms with Crippen molar-refractivity contribution in [3.63, 3.8) is 0 Å². The summed E-state index contributed by atoms with van der Waals surface area (Å²) in [5.41, 5.74) is 4.11. The molecule has 1 aliphatic heterocycles. The summed E-state index contributed by atoms with van der Waals surface area (Å²) in [4.78, 5) is 13.6. The molecule has 0 fully saturated rings. The molecule has 3 aromatic heterocycles. The van der Waals surface area contributed by atoms with Crippen LogP contribution in [-0.2, 0) is 13.1 Å². The van der Waals surface area contributed by atoms with Crippen molar-refractivity contribution in [3.05, 3.63) is 60.0 Å².